The average molecular weight is 175 g/mol. The van der Waals surface area contributed by atoms with Crippen molar-refractivity contribution in [2.75, 3.05) is 7.11 Å². The second kappa shape index (κ2) is 4.91. The highest BCUT2D eigenvalue weighted by molar-refractivity contribution is 5.99. The van der Waals surface area contributed by atoms with Crippen molar-refractivity contribution in [1.82, 2.24) is 0 Å². The number of methoxy groups -OCH3 is 1. The van der Waals surface area contributed by atoms with Gasteiger partial charge in [-0.25, -0.2) is 0 Å². The Labute approximate surface area is 77.3 Å². The standard InChI is InChI=1S/C9H16O3/c1-5-6(2)8(10)7(3)9(11)12-4/h6-7H,5H2,1-4H3/i2D3. The van der Waals surface area contributed by atoms with Gasteiger partial charge in [-0.15, -0.1) is 0 Å². The number of Topliss-reactive ketones (excluding diaryl/α,β-unsaturated/α-hetero) is 1. The molecular weight excluding hydrogens is 156 g/mol. The monoisotopic (exact) mass is 175 g/mol. The minimum atomic E-state index is -2.35. The van der Waals surface area contributed by atoms with Gasteiger partial charge in [0.25, 0.3) is 0 Å². The lowest BCUT2D eigenvalue weighted by molar-refractivity contribution is -0.149. The molecule has 0 saturated carbocycles. The summed E-state index contributed by atoms with van der Waals surface area (Å²) in [5.74, 6) is -3.38. The van der Waals surface area contributed by atoms with E-state index in [2.05, 4.69) is 4.74 Å². The zero-order valence-corrected chi connectivity index (χ0v) is 7.59. The maximum Gasteiger partial charge on any atom is 0.315 e. The summed E-state index contributed by atoms with van der Waals surface area (Å²) in [5, 5.41) is 0. The summed E-state index contributed by atoms with van der Waals surface area (Å²) >= 11 is 0. The highest BCUT2D eigenvalue weighted by atomic mass is 16.5. The molecule has 12 heavy (non-hydrogen) atoms. The molecule has 0 aromatic rings. The molecule has 3 nitrogen and oxygen atoms in total. The molecule has 0 saturated heterocycles. The largest absolute Gasteiger partial charge is 0.468 e. The van der Waals surface area contributed by atoms with E-state index in [0.717, 1.165) is 0 Å². The second-order valence-corrected chi connectivity index (χ2v) is 2.61. The average Bonchev–Trinajstić information content (AvgIpc) is 2.14. The summed E-state index contributed by atoms with van der Waals surface area (Å²) in [4.78, 5) is 22.7. The van der Waals surface area contributed by atoms with Crippen LogP contribution in [0.4, 0.5) is 0 Å². The molecule has 0 heterocycles. The fraction of sp³-hybridized carbons (Fsp3) is 0.778. The van der Waals surface area contributed by atoms with Crippen LogP contribution in [0.3, 0.4) is 0 Å². The first-order valence-corrected chi connectivity index (χ1v) is 3.87. The molecule has 2 unspecified atom stereocenters. The molecule has 0 radical (unpaired) electrons. The number of carbonyl (C=O) groups excluding carboxylic acids is 2. The Balaban J connectivity index is 4.74. The zero-order chi connectivity index (χ0) is 12.2. The van der Waals surface area contributed by atoms with E-state index in [1.54, 1.807) is 6.92 Å². The summed E-state index contributed by atoms with van der Waals surface area (Å²) < 4.78 is 25.9. The molecule has 2 atom stereocenters. The van der Waals surface area contributed by atoms with Crippen LogP contribution >= 0.6 is 0 Å². The van der Waals surface area contributed by atoms with Crippen molar-refractivity contribution in [3.8, 4) is 0 Å². The fourth-order valence-corrected chi connectivity index (χ4v) is 0.796. The van der Waals surface area contributed by atoms with Crippen LogP contribution in [-0.4, -0.2) is 18.9 Å². The maximum absolute atomic E-state index is 11.7. The summed E-state index contributed by atoms with van der Waals surface area (Å²) in [6.45, 7) is 0.621. The molecule has 0 aliphatic carbocycles. The summed E-state index contributed by atoms with van der Waals surface area (Å²) in [5.41, 5.74) is 0. The second-order valence-electron chi connectivity index (χ2n) is 2.61. The van der Waals surface area contributed by atoms with E-state index in [-0.39, 0.29) is 6.42 Å². The van der Waals surface area contributed by atoms with Crippen molar-refractivity contribution in [3.05, 3.63) is 0 Å². The normalized spacial score (nSPS) is 19.8. The Morgan fingerprint density at radius 1 is 1.58 bits per heavy atom. The molecule has 0 amide bonds. The van der Waals surface area contributed by atoms with Crippen LogP contribution in [0, 0.1) is 11.8 Å². The van der Waals surface area contributed by atoms with Crippen LogP contribution in [0.1, 0.15) is 31.2 Å². The lowest BCUT2D eigenvalue weighted by Crippen LogP contribution is -2.26. The van der Waals surface area contributed by atoms with Gasteiger partial charge in [-0.3, -0.25) is 9.59 Å². The minimum Gasteiger partial charge on any atom is -0.468 e. The predicted molar refractivity (Wildman–Crippen MR) is 45.6 cm³/mol. The number of carbonyl (C=O) groups is 2. The predicted octanol–water partition coefficient (Wildman–Crippen LogP) is 1.41. The Morgan fingerprint density at radius 3 is 2.50 bits per heavy atom. The van der Waals surface area contributed by atoms with Crippen molar-refractivity contribution in [2.45, 2.75) is 27.1 Å². The Hall–Kier alpha value is -0.860. The van der Waals surface area contributed by atoms with Crippen molar-refractivity contribution >= 4 is 11.8 Å². The van der Waals surface area contributed by atoms with Crippen molar-refractivity contribution in [2.24, 2.45) is 11.8 Å². The van der Waals surface area contributed by atoms with E-state index in [9.17, 15) is 9.59 Å². The molecular formula is C9H16O3. The molecule has 0 N–H and O–H groups in total. The van der Waals surface area contributed by atoms with Gasteiger partial charge in [0.15, 0.2) is 0 Å². The molecule has 3 heteroatoms. The first-order chi connectivity index (χ1) is 6.75. The zero-order valence-electron chi connectivity index (χ0n) is 10.6. The molecule has 0 rings (SSSR count). The van der Waals surface area contributed by atoms with E-state index >= 15 is 0 Å². The number of hydrogen-bond donors (Lipinski definition) is 0. The van der Waals surface area contributed by atoms with Crippen molar-refractivity contribution in [1.29, 1.82) is 0 Å². The molecule has 0 aliphatic rings. The van der Waals surface area contributed by atoms with E-state index in [4.69, 9.17) is 4.11 Å². The molecule has 70 valence electrons. The van der Waals surface area contributed by atoms with Gasteiger partial charge < -0.3 is 4.74 Å². The number of ketones is 1. The molecule has 0 spiro atoms. The van der Waals surface area contributed by atoms with Crippen LogP contribution in [0.15, 0.2) is 0 Å². The summed E-state index contributed by atoms with van der Waals surface area (Å²) in [6.07, 6.45) is 0.191. The van der Waals surface area contributed by atoms with Crippen molar-refractivity contribution in [3.63, 3.8) is 0 Å². The topological polar surface area (TPSA) is 43.4 Å². The van der Waals surface area contributed by atoms with Gasteiger partial charge in [-0.2, -0.15) is 0 Å². The highest BCUT2D eigenvalue weighted by Gasteiger charge is 2.25. The van der Waals surface area contributed by atoms with E-state index < -0.39 is 30.4 Å². The number of esters is 1. The summed E-state index contributed by atoms with van der Waals surface area (Å²) in [6, 6.07) is 0. The third-order valence-electron chi connectivity index (χ3n) is 1.73. The van der Waals surface area contributed by atoms with Crippen LogP contribution in [0.2, 0.25) is 0 Å². The SMILES string of the molecule is [2H]C([2H])([2H])C(CC)C(=O)C(C)C(=O)OC. The van der Waals surface area contributed by atoms with Gasteiger partial charge in [0.05, 0.1) is 7.11 Å². The van der Waals surface area contributed by atoms with Gasteiger partial charge in [-0.05, 0) is 13.3 Å². The van der Waals surface area contributed by atoms with Gasteiger partial charge in [0.1, 0.15) is 11.7 Å². The Bertz CT molecular complexity index is 247. The molecule has 0 fully saturated rings. The van der Waals surface area contributed by atoms with Crippen LogP contribution in [0.25, 0.3) is 0 Å². The highest BCUT2D eigenvalue weighted by Crippen LogP contribution is 2.11. The quantitative estimate of drug-likeness (QED) is 0.479. The smallest absolute Gasteiger partial charge is 0.315 e. The van der Waals surface area contributed by atoms with E-state index in [1.807, 2.05) is 0 Å². The summed E-state index contributed by atoms with van der Waals surface area (Å²) in [7, 11) is 1.17. The Morgan fingerprint density at radius 2 is 2.17 bits per heavy atom. The number of hydrogen-bond acceptors (Lipinski definition) is 3. The maximum atomic E-state index is 11.7. The van der Waals surface area contributed by atoms with Gasteiger partial charge in [-0.1, -0.05) is 13.8 Å². The fourth-order valence-electron chi connectivity index (χ4n) is 0.796. The van der Waals surface area contributed by atoms with Crippen LogP contribution in [-0.2, 0) is 14.3 Å². The van der Waals surface area contributed by atoms with Crippen molar-refractivity contribution < 1.29 is 18.4 Å². The van der Waals surface area contributed by atoms with Crippen LogP contribution < -0.4 is 0 Å². The third kappa shape index (κ3) is 2.64. The van der Waals surface area contributed by atoms with Gasteiger partial charge >= 0.3 is 5.97 Å². The minimum absolute atomic E-state index is 0.191. The molecule has 0 bridgehead atoms. The molecule has 0 aromatic carbocycles. The number of ether oxygens (including phenoxy) is 1. The Kier molecular flexibility index (Phi) is 2.71. The van der Waals surface area contributed by atoms with E-state index in [0.29, 0.717) is 0 Å². The number of rotatable bonds is 4. The van der Waals surface area contributed by atoms with Crippen LogP contribution in [0.5, 0.6) is 0 Å². The lowest BCUT2D eigenvalue weighted by Gasteiger charge is -2.12. The lowest BCUT2D eigenvalue weighted by atomic mass is 9.94. The first-order valence-electron chi connectivity index (χ1n) is 5.37. The first kappa shape index (κ1) is 6.63. The van der Waals surface area contributed by atoms with E-state index in [1.165, 1.54) is 14.0 Å². The van der Waals surface area contributed by atoms with Gasteiger partial charge in [0, 0.05) is 10.0 Å². The molecule has 0 aromatic heterocycles. The van der Waals surface area contributed by atoms with Gasteiger partial charge in [0.2, 0.25) is 0 Å². The molecule has 0 aliphatic heterocycles. The third-order valence-corrected chi connectivity index (χ3v) is 1.73.